The second kappa shape index (κ2) is 5.67. The average molecular weight is 249 g/mol. The zero-order valence-corrected chi connectivity index (χ0v) is 11.5. The van der Waals surface area contributed by atoms with E-state index in [1.165, 1.54) is 0 Å². The Morgan fingerprint density at radius 1 is 1.61 bits per heavy atom. The Bertz CT molecular complexity index is 394. The lowest BCUT2D eigenvalue weighted by Gasteiger charge is -2.40. The van der Waals surface area contributed by atoms with Gasteiger partial charge in [-0.2, -0.15) is 0 Å². The minimum absolute atomic E-state index is 0.00403. The van der Waals surface area contributed by atoms with Crippen molar-refractivity contribution in [2.75, 3.05) is 18.1 Å². The fourth-order valence-corrected chi connectivity index (χ4v) is 2.45. The average Bonchev–Trinajstić information content (AvgIpc) is 2.38. The van der Waals surface area contributed by atoms with E-state index in [4.69, 9.17) is 10.5 Å². The highest BCUT2D eigenvalue weighted by Gasteiger charge is 2.28. The Labute approximate surface area is 109 Å². The van der Waals surface area contributed by atoms with E-state index in [9.17, 15) is 0 Å². The van der Waals surface area contributed by atoms with Crippen LogP contribution in [-0.2, 0) is 4.74 Å². The van der Waals surface area contributed by atoms with Crippen LogP contribution in [0.3, 0.4) is 0 Å². The first kappa shape index (κ1) is 13.3. The number of rotatable bonds is 3. The maximum Gasteiger partial charge on any atom is 0.133 e. The maximum atomic E-state index is 6.04. The lowest BCUT2D eigenvalue weighted by Crippen LogP contribution is -2.49. The molecule has 1 aliphatic heterocycles. The molecule has 2 rings (SSSR count). The van der Waals surface area contributed by atoms with Gasteiger partial charge in [-0.05, 0) is 26.3 Å². The van der Waals surface area contributed by atoms with Crippen LogP contribution >= 0.6 is 0 Å². The second-order valence-corrected chi connectivity index (χ2v) is 5.06. The Morgan fingerprint density at radius 3 is 3.06 bits per heavy atom. The van der Waals surface area contributed by atoms with E-state index in [0.29, 0.717) is 6.04 Å². The van der Waals surface area contributed by atoms with Gasteiger partial charge in [0.25, 0.3) is 0 Å². The Kier molecular flexibility index (Phi) is 4.19. The highest BCUT2D eigenvalue weighted by molar-refractivity contribution is 5.49. The number of nitrogens with zero attached hydrogens (tertiary/aromatic N) is 2. The molecule has 0 aromatic carbocycles. The number of aromatic nitrogens is 1. The molecule has 1 aromatic heterocycles. The molecular formula is C14H23N3O. The fraction of sp³-hybridized carbons (Fsp3) is 0.643. The van der Waals surface area contributed by atoms with Crippen molar-refractivity contribution < 1.29 is 4.74 Å². The van der Waals surface area contributed by atoms with Crippen molar-refractivity contribution in [2.45, 2.75) is 45.4 Å². The van der Waals surface area contributed by atoms with Gasteiger partial charge in [-0.3, -0.25) is 0 Å². The normalized spacial score (nSPS) is 26.1. The highest BCUT2D eigenvalue weighted by Crippen LogP contribution is 2.27. The predicted molar refractivity (Wildman–Crippen MR) is 73.7 cm³/mol. The summed E-state index contributed by atoms with van der Waals surface area (Å²) < 4.78 is 5.73. The third kappa shape index (κ3) is 2.65. The van der Waals surface area contributed by atoms with Gasteiger partial charge in [0.05, 0.1) is 18.8 Å². The van der Waals surface area contributed by atoms with Gasteiger partial charge in [-0.1, -0.05) is 13.0 Å². The van der Waals surface area contributed by atoms with Crippen LogP contribution in [0.4, 0.5) is 5.82 Å². The molecule has 18 heavy (non-hydrogen) atoms. The molecule has 2 N–H and O–H groups in total. The summed E-state index contributed by atoms with van der Waals surface area (Å²) >= 11 is 0. The lowest BCUT2D eigenvalue weighted by atomic mass is 10.1. The topological polar surface area (TPSA) is 51.4 Å². The van der Waals surface area contributed by atoms with Gasteiger partial charge in [-0.25, -0.2) is 4.98 Å². The van der Waals surface area contributed by atoms with E-state index in [2.05, 4.69) is 29.8 Å². The predicted octanol–water partition coefficient (Wildman–Crippen LogP) is 2.11. The first-order chi connectivity index (χ1) is 8.63. The van der Waals surface area contributed by atoms with Crippen LogP contribution in [0.15, 0.2) is 18.3 Å². The quantitative estimate of drug-likeness (QED) is 0.891. The third-order valence-corrected chi connectivity index (χ3v) is 3.52. The molecular weight excluding hydrogens is 226 g/mol. The Hall–Kier alpha value is -1.13. The van der Waals surface area contributed by atoms with Gasteiger partial charge < -0.3 is 15.4 Å². The smallest absolute Gasteiger partial charge is 0.133 e. The number of nitrogens with two attached hydrogens (primary N) is 1. The number of hydrogen-bond acceptors (Lipinski definition) is 4. The van der Waals surface area contributed by atoms with Crippen LogP contribution < -0.4 is 10.6 Å². The third-order valence-electron chi connectivity index (χ3n) is 3.52. The Balaban J connectivity index is 2.33. The largest absolute Gasteiger partial charge is 0.375 e. The van der Waals surface area contributed by atoms with Gasteiger partial charge in [0.1, 0.15) is 5.82 Å². The van der Waals surface area contributed by atoms with Crippen molar-refractivity contribution in [1.29, 1.82) is 0 Å². The molecule has 4 nitrogen and oxygen atoms in total. The van der Waals surface area contributed by atoms with Crippen molar-refractivity contribution in [1.82, 2.24) is 4.98 Å². The first-order valence-electron chi connectivity index (χ1n) is 6.72. The number of pyridine rings is 1. The molecule has 1 aromatic rings. The molecule has 1 saturated heterocycles. The van der Waals surface area contributed by atoms with E-state index >= 15 is 0 Å². The van der Waals surface area contributed by atoms with Crippen LogP contribution in [0, 0.1) is 0 Å². The summed E-state index contributed by atoms with van der Waals surface area (Å²) in [6.07, 6.45) is 3.14. The van der Waals surface area contributed by atoms with Crippen molar-refractivity contribution in [3.05, 3.63) is 23.9 Å². The van der Waals surface area contributed by atoms with Crippen molar-refractivity contribution in [3.63, 3.8) is 0 Å². The highest BCUT2D eigenvalue weighted by atomic mass is 16.5. The maximum absolute atomic E-state index is 6.04. The zero-order chi connectivity index (χ0) is 13.1. The molecule has 4 heteroatoms. The minimum atomic E-state index is 0.00403. The van der Waals surface area contributed by atoms with Crippen molar-refractivity contribution in [3.8, 4) is 0 Å². The molecule has 0 spiro atoms. The molecule has 100 valence electrons. The van der Waals surface area contributed by atoms with Gasteiger partial charge >= 0.3 is 0 Å². The SMILES string of the molecule is CCC1COC(C)CN1c1ncccc1[C@@H](C)N. The molecule has 1 aliphatic rings. The van der Waals surface area contributed by atoms with E-state index < -0.39 is 0 Å². The molecule has 1 fully saturated rings. The summed E-state index contributed by atoms with van der Waals surface area (Å²) in [7, 11) is 0. The summed E-state index contributed by atoms with van der Waals surface area (Å²) in [5.41, 5.74) is 7.16. The molecule has 0 radical (unpaired) electrons. The minimum Gasteiger partial charge on any atom is -0.375 e. The van der Waals surface area contributed by atoms with Crippen molar-refractivity contribution >= 4 is 5.82 Å². The van der Waals surface area contributed by atoms with Crippen molar-refractivity contribution in [2.24, 2.45) is 5.73 Å². The summed E-state index contributed by atoms with van der Waals surface area (Å²) in [4.78, 5) is 6.90. The molecule has 0 aliphatic carbocycles. The standard InChI is InChI=1S/C14H23N3O/c1-4-12-9-18-10(2)8-17(12)14-13(11(3)15)6-5-7-16-14/h5-7,10-12H,4,8-9,15H2,1-3H3/t10?,11-,12?/m1/s1. The number of ether oxygens (including phenoxy) is 1. The summed E-state index contributed by atoms with van der Waals surface area (Å²) in [5, 5.41) is 0. The fourth-order valence-electron chi connectivity index (χ4n) is 2.45. The van der Waals surface area contributed by atoms with Crippen LogP contribution in [0.2, 0.25) is 0 Å². The molecule has 0 bridgehead atoms. The molecule has 2 heterocycles. The summed E-state index contributed by atoms with van der Waals surface area (Å²) in [5.74, 6) is 1.02. The zero-order valence-electron chi connectivity index (χ0n) is 11.5. The van der Waals surface area contributed by atoms with Gasteiger partial charge in [0.2, 0.25) is 0 Å². The van der Waals surface area contributed by atoms with E-state index in [1.54, 1.807) is 0 Å². The Morgan fingerprint density at radius 2 is 2.39 bits per heavy atom. The first-order valence-corrected chi connectivity index (χ1v) is 6.72. The number of morpholine rings is 1. The lowest BCUT2D eigenvalue weighted by molar-refractivity contribution is 0.0295. The van der Waals surface area contributed by atoms with Gasteiger partial charge in [0, 0.05) is 24.3 Å². The van der Waals surface area contributed by atoms with E-state index in [0.717, 1.165) is 31.0 Å². The van der Waals surface area contributed by atoms with E-state index in [1.807, 2.05) is 19.2 Å². The van der Waals surface area contributed by atoms with E-state index in [-0.39, 0.29) is 12.1 Å². The van der Waals surface area contributed by atoms with Crippen LogP contribution in [0.5, 0.6) is 0 Å². The number of anilines is 1. The van der Waals surface area contributed by atoms with Crippen LogP contribution in [0.25, 0.3) is 0 Å². The van der Waals surface area contributed by atoms with Crippen LogP contribution in [-0.4, -0.2) is 30.3 Å². The van der Waals surface area contributed by atoms with Gasteiger partial charge in [0.15, 0.2) is 0 Å². The van der Waals surface area contributed by atoms with Gasteiger partial charge in [-0.15, -0.1) is 0 Å². The number of hydrogen-bond donors (Lipinski definition) is 1. The second-order valence-electron chi connectivity index (χ2n) is 5.06. The van der Waals surface area contributed by atoms with Crippen LogP contribution in [0.1, 0.15) is 38.8 Å². The summed E-state index contributed by atoms with van der Waals surface area (Å²) in [6.45, 7) is 7.95. The molecule has 0 saturated carbocycles. The monoisotopic (exact) mass is 249 g/mol. The molecule has 2 unspecified atom stereocenters. The molecule has 0 amide bonds. The molecule has 3 atom stereocenters. The summed E-state index contributed by atoms with van der Waals surface area (Å²) in [6, 6.07) is 4.42.